The summed E-state index contributed by atoms with van der Waals surface area (Å²) in [7, 11) is 0. The molecular weight excluding hydrogens is 272 g/mol. The molecule has 0 bridgehead atoms. The van der Waals surface area contributed by atoms with Crippen LogP contribution in [0.2, 0.25) is 0 Å². The summed E-state index contributed by atoms with van der Waals surface area (Å²) >= 11 is 0. The smallest absolute Gasteiger partial charge is 0.312 e. The fraction of sp³-hybridized carbons (Fsp3) is 0.400. The van der Waals surface area contributed by atoms with E-state index < -0.39 is 23.9 Å². The number of hydrogen-bond acceptors (Lipinski definition) is 4. The molecule has 2 amide bonds. The van der Waals surface area contributed by atoms with Crippen LogP contribution in [0.4, 0.5) is 5.69 Å². The Kier molecular flexibility index (Phi) is 4.26. The number of nitrogens with zero attached hydrogens (tertiary/aromatic N) is 1. The number of hydrogen-bond donors (Lipinski definition) is 1. The van der Waals surface area contributed by atoms with Crippen LogP contribution in [0.25, 0.3) is 0 Å². The van der Waals surface area contributed by atoms with Gasteiger partial charge in [0.15, 0.2) is 6.10 Å². The van der Waals surface area contributed by atoms with Gasteiger partial charge in [0.25, 0.3) is 5.91 Å². The van der Waals surface area contributed by atoms with Gasteiger partial charge in [0, 0.05) is 18.7 Å². The van der Waals surface area contributed by atoms with E-state index in [2.05, 4.69) is 0 Å². The molecule has 21 heavy (non-hydrogen) atoms. The van der Waals surface area contributed by atoms with Gasteiger partial charge in [0.05, 0.1) is 5.92 Å². The molecule has 6 nitrogen and oxygen atoms in total. The Bertz CT molecular complexity index is 568. The van der Waals surface area contributed by atoms with Gasteiger partial charge in [-0.05, 0) is 26.0 Å². The van der Waals surface area contributed by atoms with Gasteiger partial charge in [0.1, 0.15) is 0 Å². The minimum atomic E-state index is -0.985. The third kappa shape index (κ3) is 3.39. The first kappa shape index (κ1) is 15.0. The number of benzene rings is 1. The highest BCUT2D eigenvalue weighted by atomic mass is 16.5. The van der Waals surface area contributed by atoms with E-state index >= 15 is 0 Å². The number of carbonyl (C=O) groups excluding carboxylic acids is 3. The van der Waals surface area contributed by atoms with E-state index in [1.165, 1.54) is 6.92 Å². The summed E-state index contributed by atoms with van der Waals surface area (Å²) in [6.07, 6.45) is -0.904. The van der Waals surface area contributed by atoms with Crippen LogP contribution in [0.1, 0.15) is 18.9 Å². The molecule has 1 aliphatic heterocycles. The Hall–Kier alpha value is -2.37. The minimum absolute atomic E-state index is 0.0815. The molecule has 6 heteroatoms. The fourth-order valence-corrected chi connectivity index (χ4v) is 2.17. The number of amides is 2. The topological polar surface area (TPSA) is 89.7 Å². The fourth-order valence-electron chi connectivity index (χ4n) is 2.17. The molecule has 1 aromatic rings. The monoisotopic (exact) mass is 290 g/mol. The van der Waals surface area contributed by atoms with Crippen LogP contribution in [0, 0.1) is 12.8 Å². The number of esters is 1. The average Bonchev–Trinajstić information content (AvgIpc) is 2.81. The second-order valence-electron chi connectivity index (χ2n) is 5.22. The van der Waals surface area contributed by atoms with Crippen molar-refractivity contribution in [2.75, 3.05) is 11.4 Å². The van der Waals surface area contributed by atoms with E-state index in [4.69, 9.17) is 10.5 Å². The highest BCUT2D eigenvalue weighted by molar-refractivity contribution is 5.99. The quantitative estimate of drug-likeness (QED) is 0.829. The van der Waals surface area contributed by atoms with E-state index in [1.54, 1.807) is 4.90 Å². The molecule has 1 heterocycles. The molecule has 0 spiro atoms. The second-order valence-corrected chi connectivity index (χ2v) is 5.22. The molecule has 1 saturated heterocycles. The lowest BCUT2D eigenvalue weighted by molar-refractivity contribution is -0.157. The summed E-state index contributed by atoms with van der Waals surface area (Å²) in [4.78, 5) is 36.4. The molecule has 0 aliphatic carbocycles. The van der Waals surface area contributed by atoms with Crippen molar-refractivity contribution < 1.29 is 19.1 Å². The van der Waals surface area contributed by atoms with Gasteiger partial charge in [-0.1, -0.05) is 17.7 Å². The molecule has 0 radical (unpaired) electrons. The van der Waals surface area contributed by atoms with E-state index in [0.717, 1.165) is 11.3 Å². The standard InChI is InChI=1S/C15H18N2O4/c1-9-3-5-12(6-4-9)17-8-11(7-13(17)18)15(20)21-10(2)14(16)19/h3-6,10-11H,7-8H2,1-2H3,(H2,16,19)/t10-,11-/m0/s1. The molecular formula is C15H18N2O4. The summed E-state index contributed by atoms with van der Waals surface area (Å²) in [6.45, 7) is 3.63. The van der Waals surface area contributed by atoms with Gasteiger partial charge in [0.2, 0.25) is 5.91 Å². The van der Waals surface area contributed by atoms with Crippen LogP contribution in [0.3, 0.4) is 0 Å². The molecule has 1 fully saturated rings. The Labute approximate surface area is 122 Å². The summed E-state index contributed by atoms with van der Waals surface area (Å²) in [5, 5.41) is 0. The maximum atomic E-state index is 12.0. The van der Waals surface area contributed by atoms with Crippen molar-refractivity contribution >= 4 is 23.5 Å². The SMILES string of the molecule is Cc1ccc(N2C[C@@H](C(=O)O[C@@H](C)C(N)=O)CC2=O)cc1. The molecule has 0 aromatic heterocycles. The molecule has 1 aliphatic rings. The zero-order valence-corrected chi connectivity index (χ0v) is 12.0. The highest BCUT2D eigenvalue weighted by Crippen LogP contribution is 2.26. The van der Waals surface area contributed by atoms with Gasteiger partial charge in [-0.15, -0.1) is 0 Å². The number of nitrogens with two attached hydrogens (primary N) is 1. The third-order valence-corrected chi connectivity index (χ3v) is 3.50. The number of anilines is 1. The van der Waals surface area contributed by atoms with Crippen LogP contribution in [-0.4, -0.2) is 30.4 Å². The number of carbonyl (C=O) groups is 3. The first-order valence-corrected chi connectivity index (χ1v) is 6.75. The Balaban J connectivity index is 2.04. The molecule has 2 atom stereocenters. The average molecular weight is 290 g/mol. The molecule has 0 unspecified atom stereocenters. The molecule has 112 valence electrons. The molecule has 1 aromatic carbocycles. The van der Waals surface area contributed by atoms with Crippen LogP contribution in [0.5, 0.6) is 0 Å². The predicted molar refractivity (Wildman–Crippen MR) is 76.4 cm³/mol. The zero-order chi connectivity index (χ0) is 15.6. The van der Waals surface area contributed by atoms with Crippen LogP contribution >= 0.6 is 0 Å². The predicted octanol–water partition coefficient (Wildman–Crippen LogP) is 0.765. The minimum Gasteiger partial charge on any atom is -0.452 e. The normalized spacial score (nSPS) is 19.4. The highest BCUT2D eigenvalue weighted by Gasteiger charge is 2.37. The number of ether oxygens (including phenoxy) is 1. The second kappa shape index (κ2) is 5.95. The largest absolute Gasteiger partial charge is 0.452 e. The molecule has 2 N–H and O–H groups in total. The van der Waals surface area contributed by atoms with E-state index in [-0.39, 0.29) is 18.9 Å². The van der Waals surface area contributed by atoms with Gasteiger partial charge < -0.3 is 15.4 Å². The summed E-state index contributed by atoms with van der Waals surface area (Å²) in [6, 6.07) is 7.49. The number of aryl methyl sites for hydroxylation is 1. The van der Waals surface area contributed by atoms with Crippen molar-refractivity contribution in [3.63, 3.8) is 0 Å². The van der Waals surface area contributed by atoms with Gasteiger partial charge in [-0.3, -0.25) is 14.4 Å². The molecule has 2 rings (SSSR count). The number of primary amides is 1. The summed E-state index contributed by atoms with van der Waals surface area (Å²) < 4.78 is 4.95. The first-order chi connectivity index (χ1) is 9.88. The first-order valence-electron chi connectivity index (χ1n) is 6.75. The number of rotatable bonds is 4. The Morgan fingerprint density at radius 2 is 1.95 bits per heavy atom. The van der Waals surface area contributed by atoms with Gasteiger partial charge >= 0.3 is 5.97 Å². The maximum absolute atomic E-state index is 12.0. The van der Waals surface area contributed by atoms with Crippen molar-refractivity contribution in [3.8, 4) is 0 Å². The van der Waals surface area contributed by atoms with Crippen molar-refractivity contribution in [2.45, 2.75) is 26.4 Å². The lowest BCUT2D eigenvalue weighted by Crippen LogP contribution is -2.33. The van der Waals surface area contributed by atoms with Crippen LogP contribution in [0.15, 0.2) is 24.3 Å². The lowest BCUT2D eigenvalue weighted by atomic mass is 10.1. The van der Waals surface area contributed by atoms with Crippen molar-refractivity contribution in [3.05, 3.63) is 29.8 Å². The van der Waals surface area contributed by atoms with E-state index in [1.807, 2.05) is 31.2 Å². The summed E-state index contributed by atoms with van der Waals surface area (Å²) in [5.41, 5.74) is 6.90. The molecule has 0 saturated carbocycles. The maximum Gasteiger partial charge on any atom is 0.312 e. The lowest BCUT2D eigenvalue weighted by Gasteiger charge is -2.17. The summed E-state index contributed by atoms with van der Waals surface area (Å²) in [5.74, 6) is -1.97. The van der Waals surface area contributed by atoms with Gasteiger partial charge in [-0.25, -0.2) is 0 Å². The van der Waals surface area contributed by atoms with Gasteiger partial charge in [-0.2, -0.15) is 0 Å². The van der Waals surface area contributed by atoms with Crippen molar-refractivity contribution in [1.29, 1.82) is 0 Å². The van der Waals surface area contributed by atoms with Crippen LogP contribution in [-0.2, 0) is 19.1 Å². The van der Waals surface area contributed by atoms with Crippen molar-refractivity contribution in [1.82, 2.24) is 0 Å². The van der Waals surface area contributed by atoms with E-state index in [0.29, 0.717) is 0 Å². The third-order valence-electron chi connectivity index (χ3n) is 3.50. The Morgan fingerprint density at radius 1 is 1.33 bits per heavy atom. The van der Waals surface area contributed by atoms with Crippen LogP contribution < -0.4 is 10.6 Å². The zero-order valence-electron chi connectivity index (χ0n) is 12.0. The van der Waals surface area contributed by atoms with E-state index in [9.17, 15) is 14.4 Å². The van der Waals surface area contributed by atoms with Crippen molar-refractivity contribution in [2.24, 2.45) is 11.7 Å². The Morgan fingerprint density at radius 3 is 2.52 bits per heavy atom.